The van der Waals surface area contributed by atoms with E-state index >= 15 is 0 Å². The average Bonchev–Trinajstić information content (AvgIpc) is 2.39. The van der Waals surface area contributed by atoms with Gasteiger partial charge in [0.05, 0.1) is 11.6 Å². The summed E-state index contributed by atoms with van der Waals surface area (Å²) in [5.41, 5.74) is 0.755. The van der Waals surface area contributed by atoms with Gasteiger partial charge < -0.3 is 9.90 Å². The first-order valence-corrected chi connectivity index (χ1v) is 3.27. The zero-order valence-electron chi connectivity index (χ0n) is 5.98. The smallest absolute Gasteiger partial charge is 0.554 e. The van der Waals surface area contributed by atoms with Crippen molar-refractivity contribution < 1.29 is 28.8 Å². The Morgan fingerprint density at radius 2 is 2.27 bits per heavy atom. The van der Waals surface area contributed by atoms with E-state index < -0.39 is 6.47 Å². The fourth-order valence-corrected chi connectivity index (χ4v) is 0.910. The molecule has 0 aliphatic carbocycles. The van der Waals surface area contributed by atoms with E-state index in [1.807, 2.05) is 16.8 Å². The van der Waals surface area contributed by atoms with Crippen molar-refractivity contribution in [1.82, 2.24) is 0 Å². The van der Waals surface area contributed by atoms with Gasteiger partial charge in [-0.3, -0.25) is 0 Å². The van der Waals surface area contributed by atoms with Crippen LogP contribution in [0.3, 0.4) is 0 Å². The zero-order chi connectivity index (χ0) is 7.82. The van der Waals surface area contributed by atoms with Crippen LogP contribution >= 0.6 is 11.3 Å². The Balaban J connectivity index is 0. The van der Waals surface area contributed by atoms with Crippen LogP contribution in [0.25, 0.3) is 0 Å². The molecule has 0 saturated carbocycles. The molecule has 0 atom stereocenters. The molecule has 52 valence electrons. The van der Waals surface area contributed by atoms with Crippen molar-refractivity contribution in [3.8, 4) is 6.07 Å². The van der Waals surface area contributed by atoms with Crippen LogP contribution in [0.4, 0.5) is 0 Å². The number of thiophene rings is 1. The van der Waals surface area contributed by atoms with Crippen molar-refractivity contribution in [2.24, 2.45) is 0 Å². The van der Waals surface area contributed by atoms with Gasteiger partial charge in [-0.15, -0.1) is 0 Å². The van der Waals surface area contributed by atoms with Crippen LogP contribution in [0.1, 0.15) is 5.56 Å². The predicted octanol–water partition coefficient (Wildman–Crippen LogP) is -3.01. The van der Waals surface area contributed by atoms with Gasteiger partial charge in [-0.1, -0.05) is 0 Å². The van der Waals surface area contributed by atoms with Crippen molar-refractivity contribution in [2.45, 2.75) is 0 Å². The van der Waals surface area contributed by atoms with Crippen LogP contribution in [0, 0.1) is 11.3 Å². The van der Waals surface area contributed by atoms with E-state index in [4.69, 9.17) is 15.2 Å². The number of hydrogen-bond acceptors (Lipinski definition) is 4. The Morgan fingerprint density at radius 3 is 2.45 bits per heavy atom. The minimum absolute atomic E-state index is 0. The van der Waals surface area contributed by atoms with Crippen molar-refractivity contribution in [1.29, 1.82) is 5.26 Å². The molecule has 1 heterocycles. The molecule has 3 nitrogen and oxygen atoms in total. The van der Waals surface area contributed by atoms with Gasteiger partial charge in [-0.25, -0.2) is 0 Å². The molecule has 11 heavy (non-hydrogen) atoms. The Morgan fingerprint density at radius 1 is 1.73 bits per heavy atom. The van der Waals surface area contributed by atoms with Crippen LogP contribution in [0.2, 0.25) is 0 Å². The van der Waals surface area contributed by atoms with Gasteiger partial charge in [0.1, 0.15) is 0 Å². The number of nitrogens with zero attached hydrogens (tertiary/aromatic N) is 1. The van der Waals surface area contributed by atoms with E-state index in [2.05, 4.69) is 0 Å². The van der Waals surface area contributed by atoms with Crippen LogP contribution in [-0.2, 0) is 4.79 Å². The summed E-state index contributed by atoms with van der Waals surface area (Å²) in [7, 11) is 0. The number of carbonyl (C=O) groups excluding carboxylic acids is 1. The topological polar surface area (TPSA) is 63.9 Å². The zero-order valence-corrected chi connectivity index (χ0v) is 6.80. The van der Waals surface area contributed by atoms with Gasteiger partial charge in [0.25, 0.3) is 0 Å². The summed E-state index contributed by atoms with van der Waals surface area (Å²) in [6, 6.07) is 3.81. The molecule has 1 aromatic heterocycles. The predicted molar refractivity (Wildman–Crippen MR) is 35.1 cm³/mol. The number of hydrogen-bond donors (Lipinski definition) is 0. The van der Waals surface area contributed by atoms with E-state index in [9.17, 15) is 0 Å². The Labute approximate surface area is 80.5 Å². The van der Waals surface area contributed by atoms with Gasteiger partial charge in [0.15, 0.2) is 0 Å². The summed E-state index contributed by atoms with van der Waals surface area (Å²) in [6.07, 6.45) is 0. The fourth-order valence-electron chi connectivity index (χ4n) is 0.328. The first-order valence-electron chi connectivity index (χ1n) is 2.33. The van der Waals surface area contributed by atoms with Gasteiger partial charge in [0.2, 0.25) is 0 Å². The maximum atomic E-state index is 8.25. The van der Waals surface area contributed by atoms with E-state index in [-0.39, 0.29) is 18.9 Å². The molecule has 0 bridgehead atoms. The molecule has 1 aromatic rings. The Kier molecular flexibility index (Phi) is 10.8. The van der Waals surface area contributed by atoms with E-state index in [1.54, 1.807) is 17.4 Å². The van der Waals surface area contributed by atoms with Crippen LogP contribution in [0.5, 0.6) is 0 Å². The number of carboxylic acid groups (broad SMARTS) is 1. The molecule has 0 aliphatic heterocycles. The molecule has 0 radical (unpaired) electrons. The normalized spacial score (nSPS) is 6.09. The van der Waals surface area contributed by atoms with E-state index in [0.717, 1.165) is 5.56 Å². The number of rotatable bonds is 0. The molecular weight excluding hydrogens is 157 g/mol. The average molecular weight is 161 g/mol. The van der Waals surface area contributed by atoms with Crippen molar-refractivity contribution in [3.05, 3.63) is 22.4 Å². The summed E-state index contributed by atoms with van der Waals surface area (Å²) in [5.74, 6) is 0. The van der Waals surface area contributed by atoms with E-state index in [0.29, 0.717) is 0 Å². The second-order valence-corrected chi connectivity index (χ2v) is 2.00. The maximum Gasteiger partial charge on any atom is 1.00 e. The van der Waals surface area contributed by atoms with E-state index in [1.165, 1.54) is 0 Å². The Bertz CT molecular complexity index is 217. The Hall–Kier alpha value is -0.743. The minimum atomic E-state index is -0.500. The SMILES string of the molecule is N#Cc1ccsc1.O=C[O-].[Li+]. The van der Waals surface area contributed by atoms with Crippen LogP contribution in [0.15, 0.2) is 16.8 Å². The van der Waals surface area contributed by atoms with Gasteiger partial charge in [0, 0.05) is 11.9 Å². The number of carbonyl (C=O) groups is 1. The number of nitriles is 1. The molecule has 0 saturated heterocycles. The summed E-state index contributed by atoms with van der Waals surface area (Å²) < 4.78 is 0. The summed E-state index contributed by atoms with van der Waals surface area (Å²) in [5, 5.41) is 20.1. The standard InChI is InChI=1S/C5H3NS.CH2O2.Li/c6-3-5-1-2-7-4-5;2-1-3;/h1-2,4H;1H,(H,2,3);/q;;+1/p-1. The third-order valence-electron chi connectivity index (χ3n) is 0.650. The van der Waals surface area contributed by atoms with Crippen molar-refractivity contribution >= 4 is 17.8 Å². The summed E-state index contributed by atoms with van der Waals surface area (Å²) in [6.45, 7) is -0.500. The van der Waals surface area contributed by atoms with Crippen molar-refractivity contribution in [2.75, 3.05) is 0 Å². The molecule has 0 fully saturated rings. The first-order chi connectivity index (χ1) is 4.85. The molecule has 0 aliphatic rings. The summed E-state index contributed by atoms with van der Waals surface area (Å²) in [4.78, 5) is 8.25. The van der Waals surface area contributed by atoms with Gasteiger partial charge >= 0.3 is 18.9 Å². The van der Waals surface area contributed by atoms with Crippen LogP contribution < -0.4 is 24.0 Å². The molecule has 0 spiro atoms. The minimum Gasteiger partial charge on any atom is -0.554 e. The third kappa shape index (κ3) is 7.15. The molecule has 0 aromatic carbocycles. The first kappa shape index (κ1) is 12.9. The molecule has 0 unspecified atom stereocenters. The molecule has 5 heteroatoms. The second-order valence-electron chi connectivity index (χ2n) is 1.22. The monoisotopic (exact) mass is 161 g/mol. The largest absolute Gasteiger partial charge is 1.00 e. The summed E-state index contributed by atoms with van der Waals surface area (Å²) >= 11 is 1.54. The molecular formula is C6H4LiNO2S. The maximum absolute atomic E-state index is 8.25. The van der Waals surface area contributed by atoms with Crippen molar-refractivity contribution in [3.63, 3.8) is 0 Å². The van der Waals surface area contributed by atoms with Crippen LogP contribution in [-0.4, -0.2) is 6.47 Å². The van der Waals surface area contributed by atoms with Gasteiger partial charge in [-0.05, 0) is 11.4 Å². The van der Waals surface area contributed by atoms with Gasteiger partial charge in [-0.2, -0.15) is 16.6 Å². The second kappa shape index (κ2) is 9.26. The molecule has 0 amide bonds. The fraction of sp³-hybridized carbons (Fsp3) is 0. The molecule has 1 rings (SSSR count). The molecule has 0 N–H and O–H groups in total. The quantitative estimate of drug-likeness (QED) is 0.300. The third-order valence-corrected chi connectivity index (χ3v) is 1.33.